The summed E-state index contributed by atoms with van der Waals surface area (Å²) in [6.45, 7) is 2.92. The highest BCUT2D eigenvalue weighted by Gasteiger charge is 2.49. The van der Waals surface area contributed by atoms with Crippen LogP contribution in [0.3, 0.4) is 0 Å². The van der Waals surface area contributed by atoms with Crippen molar-refractivity contribution >= 4 is 88.7 Å². The van der Waals surface area contributed by atoms with E-state index >= 15 is 0 Å². The summed E-state index contributed by atoms with van der Waals surface area (Å²) >= 11 is 1.84. The first-order valence-corrected chi connectivity index (χ1v) is 46.6. The van der Waals surface area contributed by atoms with Gasteiger partial charge in [-0.2, -0.15) is 11.8 Å². The van der Waals surface area contributed by atoms with Gasteiger partial charge in [0.15, 0.2) is 18.9 Å². The highest BCUT2D eigenvalue weighted by molar-refractivity contribution is 8.00. The van der Waals surface area contributed by atoms with Gasteiger partial charge in [0.2, 0.25) is 70.9 Å². The number of hydrogen-bond acceptors (Lipinski definition) is 35. The number of carbonyl (C=O) groups is 13. The number of urea groups is 1. The third kappa shape index (κ3) is 46.8. The van der Waals surface area contributed by atoms with Crippen molar-refractivity contribution in [3.63, 3.8) is 0 Å². The van der Waals surface area contributed by atoms with Gasteiger partial charge in [-0.1, -0.05) is 6.42 Å². The molecule has 5 rings (SSSR count). The molecule has 5 aliphatic heterocycles. The molecule has 5 heterocycles. The molecule has 18 atom stereocenters. The van der Waals surface area contributed by atoms with Crippen LogP contribution in [0.15, 0.2) is 0 Å². The molecule has 0 aromatic carbocycles. The molecule has 0 aromatic rings. The Morgan fingerprint density at radius 1 is 0.348 bits per heavy atom. The maximum absolute atomic E-state index is 14.0. The Morgan fingerprint density at radius 2 is 0.659 bits per heavy atom. The number of fused-ring (bicyclic) bond motifs is 1. The third-order valence-corrected chi connectivity index (χ3v) is 23.0. The number of amides is 14. The van der Waals surface area contributed by atoms with E-state index in [1.54, 1.807) is 0 Å². The molecule has 18 unspecified atom stereocenters. The van der Waals surface area contributed by atoms with Crippen molar-refractivity contribution in [2.75, 3.05) is 177 Å². The van der Waals surface area contributed by atoms with E-state index in [0.29, 0.717) is 82.6 Å². The van der Waals surface area contributed by atoms with Crippen LogP contribution in [-0.4, -0.2) is 415 Å². The van der Waals surface area contributed by atoms with Gasteiger partial charge in [0, 0.05) is 162 Å². The highest BCUT2D eigenvalue weighted by atomic mass is 32.2. The Kier molecular flexibility index (Phi) is 58.1. The van der Waals surface area contributed by atoms with E-state index in [2.05, 4.69) is 74.4 Å². The molecule has 23 N–H and O–H groups in total. The number of rotatable bonds is 72. The van der Waals surface area contributed by atoms with Gasteiger partial charge < -0.3 is 177 Å². The largest absolute Gasteiger partial charge is 0.394 e. The van der Waals surface area contributed by atoms with Crippen LogP contribution < -0.4 is 74.4 Å². The Hall–Kier alpha value is -7.58. The summed E-state index contributed by atoms with van der Waals surface area (Å²) in [7, 11) is 0. The topological polar surface area (TPSA) is 683 Å². The second kappa shape index (κ2) is 66.8. The summed E-state index contributed by atoms with van der Waals surface area (Å²) in [4.78, 5) is 164. The zero-order valence-electron chi connectivity index (χ0n) is 76.0. The maximum atomic E-state index is 14.0. The minimum Gasteiger partial charge on any atom is -0.394 e. The molecule has 132 heavy (non-hydrogen) atoms. The molecule has 0 saturated carbocycles. The molecule has 758 valence electrons. The molecule has 0 radical (unpaired) electrons. The predicted molar refractivity (Wildman–Crippen MR) is 466 cm³/mol. The summed E-state index contributed by atoms with van der Waals surface area (Å²) in [5.74, 6) is -3.84. The molecule has 0 aromatic heterocycles. The number of hydrogen-bond donors (Lipinski definition) is 23. The van der Waals surface area contributed by atoms with Crippen LogP contribution >= 0.6 is 11.8 Å². The molecule has 5 fully saturated rings. The summed E-state index contributed by atoms with van der Waals surface area (Å²) in [5.41, 5.74) is -1.57. The number of nitrogens with one attached hydrogen (secondary N) is 14. The van der Waals surface area contributed by atoms with E-state index in [1.165, 1.54) is 20.8 Å². The smallest absolute Gasteiger partial charge is 0.315 e. The lowest BCUT2D eigenvalue weighted by molar-refractivity contribution is -0.270. The molecule has 0 bridgehead atoms. The molecule has 5 saturated heterocycles. The number of aliphatic hydroxyl groups is 9. The van der Waals surface area contributed by atoms with Crippen molar-refractivity contribution < 1.29 is 165 Å². The van der Waals surface area contributed by atoms with Gasteiger partial charge in [0.05, 0.1) is 111 Å². The average Bonchev–Trinajstić information content (AvgIpc) is 1.38. The molecule has 48 nitrogen and oxygen atoms in total. The first-order valence-electron chi connectivity index (χ1n) is 45.6. The first kappa shape index (κ1) is 115. The van der Waals surface area contributed by atoms with Crippen LogP contribution in [0.5, 0.6) is 0 Å². The van der Waals surface area contributed by atoms with Crippen LogP contribution in [0.25, 0.3) is 0 Å². The Labute approximate surface area is 772 Å². The van der Waals surface area contributed by atoms with Crippen LogP contribution in [0, 0.1) is 0 Å². The summed E-state index contributed by atoms with van der Waals surface area (Å²) < 4.78 is 68.8. The second-order valence-corrected chi connectivity index (χ2v) is 33.9. The molecule has 5 aliphatic rings. The molecule has 0 aliphatic carbocycles. The zero-order chi connectivity index (χ0) is 96.4. The Balaban J connectivity index is 1.09. The van der Waals surface area contributed by atoms with Crippen molar-refractivity contribution in [2.45, 2.75) is 270 Å². The number of aliphatic hydroxyl groups excluding tert-OH is 9. The fourth-order valence-corrected chi connectivity index (χ4v) is 15.9. The Morgan fingerprint density at radius 3 is 1.01 bits per heavy atom. The van der Waals surface area contributed by atoms with Crippen LogP contribution in [0.4, 0.5) is 4.79 Å². The number of thioether (sulfide) groups is 1. The third-order valence-electron chi connectivity index (χ3n) is 21.5. The van der Waals surface area contributed by atoms with Crippen LogP contribution in [0.2, 0.25) is 0 Å². The second-order valence-electron chi connectivity index (χ2n) is 32.6. The molecular formula is C83H146N14O34S. The van der Waals surface area contributed by atoms with E-state index in [9.17, 15) is 108 Å². The zero-order valence-corrected chi connectivity index (χ0v) is 76.8. The molecule has 14 amide bonds. The van der Waals surface area contributed by atoms with Crippen LogP contribution in [0.1, 0.15) is 156 Å². The lowest BCUT2D eigenvalue weighted by Gasteiger charge is -2.42. The van der Waals surface area contributed by atoms with E-state index in [0.717, 1.165) is 25.0 Å². The lowest BCUT2D eigenvalue weighted by Crippen LogP contribution is -2.64. The minimum absolute atomic E-state index is 0.0317. The van der Waals surface area contributed by atoms with Crippen molar-refractivity contribution in [2.24, 2.45) is 0 Å². The lowest BCUT2D eigenvalue weighted by atomic mass is 9.97. The molecule has 49 heteroatoms. The van der Waals surface area contributed by atoms with E-state index < -0.39 is 165 Å². The monoisotopic (exact) mass is 1910 g/mol. The average molecular weight is 1920 g/mol. The molecule has 0 spiro atoms. The minimum atomic E-state index is -1.57. The van der Waals surface area contributed by atoms with Gasteiger partial charge in [-0.15, -0.1) is 0 Å². The van der Waals surface area contributed by atoms with Crippen LogP contribution in [-0.2, 0) is 114 Å². The number of carbonyl (C=O) groups excluding carboxylic acids is 13. The van der Waals surface area contributed by atoms with Crippen molar-refractivity contribution in [1.29, 1.82) is 0 Å². The van der Waals surface area contributed by atoms with E-state index in [1.807, 2.05) is 11.8 Å². The fourth-order valence-electron chi connectivity index (χ4n) is 14.4. The maximum Gasteiger partial charge on any atom is 0.315 e. The number of unbranched alkanes of at least 4 members (excludes halogenated alkanes) is 4. The predicted octanol–water partition coefficient (Wildman–Crippen LogP) is -7.89. The standard InChI is InChI=1S/C83H146N14O34S/c1-52(101)92-70-76(116)73(113)56(45-98)129-79(70)126-33-9-6-17-60(104)84-25-12-28-87-64(108)22-37-123-49-83(50-124-38-23-65(109)88-29-13-26-85-61(105)18-7-10-34-127-80-71(93-53(2)102)77(117)74(114)57(46-99)130-80,51-125-39-24-66(110)89-30-14-27-86-62(106)19-8-11-35-128-81-72(94-54(3)103)78(118)75(115)58(47-100)131-81)97-68(112)20-31-90-67(111)21-36-120-41-43-122-44-42-121-40-32-91-63(107)16-5-4-15-59-69-55(48-132-59)95-82(119)96-69/h55-59,69-81,98-100,113-118H,4-51H2,1-3H3,(H,84,104)(H,85,105)(H,86,106)(H,87,108)(H,88,109)(H,89,110)(H,90,111)(H,91,107)(H,92,101)(H,93,102)(H,94,103)(H,97,112)(H2,95,96,119). The Bertz CT molecular complexity index is 3170. The normalized spacial score (nSPS) is 24.8. The summed E-state index contributed by atoms with van der Waals surface area (Å²) in [6.07, 6.45) is -10.1. The van der Waals surface area contributed by atoms with Crippen molar-refractivity contribution in [1.82, 2.24) is 74.4 Å². The number of ether oxygens (including phenoxy) is 12. The van der Waals surface area contributed by atoms with Gasteiger partial charge in [0.25, 0.3) is 0 Å². The van der Waals surface area contributed by atoms with Crippen molar-refractivity contribution in [3.8, 4) is 0 Å². The van der Waals surface area contributed by atoms with E-state index in [4.69, 9.17) is 56.8 Å². The van der Waals surface area contributed by atoms with Crippen molar-refractivity contribution in [3.05, 3.63) is 0 Å². The first-order chi connectivity index (χ1) is 63.5. The van der Waals surface area contributed by atoms with Gasteiger partial charge in [-0.05, 0) is 70.6 Å². The van der Waals surface area contributed by atoms with Gasteiger partial charge in [-0.25, -0.2) is 4.79 Å². The molecular weight excluding hydrogens is 1770 g/mol. The van der Waals surface area contributed by atoms with Gasteiger partial charge in [-0.3, -0.25) is 57.5 Å². The summed E-state index contributed by atoms with van der Waals surface area (Å²) in [6, 6.07) is -3.17. The highest BCUT2D eigenvalue weighted by Crippen LogP contribution is 2.34. The van der Waals surface area contributed by atoms with Gasteiger partial charge >= 0.3 is 6.03 Å². The quantitative estimate of drug-likeness (QED) is 0.0199. The van der Waals surface area contributed by atoms with E-state index in [-0.39, 0.29) is 231 Å². The SMILES string of the molecule is CC(=O)NC1C(OCCCCC(=O)NCCCNC(=O)CCOCC(COCCC(=O)NCCCNC(=O)CCCCOC2OC(CO)C(O)C(O)C2NC(C)=O)(COCCC(=O)NCCCNC(=O)CCCCOC2OC(CO)C(O)C(O)C2NC(C)=O)NC(=O)CCNC(=O)CCOCCOCCOCCNC(=O)CCCCC2SCC3NC(=O)NC32)OC(CO)C(O)C1O. The fraction of sp³-hybridized carbons (Fsp3) is 0.843. The summed E-state index contributed by atoms with van der Waals surface area (Å²) in [5, 5.41) is 130. The van der Waals surface area contributed by atoms with Gasteiger partial charge in [0.1, 0.15) is 78.6 Å².